The van der Waals surface area contributed by atoms with Gasteiger partial charge in [-0.3, -0.25) is 4.79 Å². The van der Waals surface area contributed by atoms with Gasteiger partial charge in [0.2, 0.25) is 15.9 Å². The van der Waals surface area contributed by atoms with Crippen LogP contribution in [-0.4, -0.2) is 50.9 Å². The summed E-state index contributed by atoms with van der Waals surface area (Å²) in [5.41, 5.74) is 0.410. The average Bonchev–Trinajstić information content (AvgIpc) is 3.14. The Morgan fingerprint density at radius 3 is 2.78 bits per heavy atom. The Bertz CT molecular complexity index is 769. The van der Waals surface area contributed by atoms with E-state index in [0.717, 1.165) is 32.2 Å². The molecule has 2 aliphatic heterocycles. The van der Waals surface area contributed by atoms with Crippen molar-refractivity contribution in [3.63, 3.8) is 0 Å². The average molecular weight is 420 g/mol. The molecular formula is C18H27ClFN3O3S. The van der Waals surface area contributed by atoms with Crippen LogP contribution in [0.1, 0.15) is 31.2 Å². The normalized spacial score (nSPS) is 23.6. The number of amides is 1. The van der Waals surface area contributed by atoms with Gasteiger partial charge >= 0.3 is 0 Å². The number of hydrogen-bond donors (Lipinski definition) is 2. The van der Waals surface area contributed by atoms with E-state index in [1.165, 1.54) is 22.5 Å². The van der Waals surface area contributed by atoms with E-state index in [-0.39, 0.29) is 35.2 Å². The van der Waals surface area contributed by atoms with E-state index in [4.69, 9.17) is 0 Å². The highest BCUT2D eigenvalue weighted by atomic mass is 35.5. The first kappa shape index (κ1) is 22.1. The molecule has 3 rings (SSSR count). The van der Waals surface area contributed by atoms with Crippen molar-refractivity contribution in [1.82, 2.24) is 14.9 Å². The van der Waals surface area contributed by atoms with E-state index in [9.17, 15) is 17.6 Å². The third-order valence-corrected chi connectivity index (χ3v) is 7.20. The predicted octanol–water partition coefficient (Wildman–Crippen LogP) is 1.82. The van der Waals surface area contributed by atoms with Gasteiger partial charge in [0.1, 0.15) is 5.82 Å². The van der Waals surface area contributed by atoms with E-state index in [1.54, 1.807) is 6.92 Å². The van der Waals surface area contributed by atoms with E-state index < -0.39 is 15.8 Å². The lowest BCUT2D eigenvalue weighted by Gasteiger charge is -2.32. The molecule has 2 aliphatic rings. The molecule has 1 aromatic rings. The minimum Gasteiger partial charge on any atom is -0.354 e. The van der Waals surface area contributed by atoms with Crippen molar-refractivity contribution in [3.8, 4) is 0 Å². The Labute approximate surface area is 166 Å². The Morgan fingerprint density at radius 1 is 1.33 bits per heavy atom. The first-order chi connectivity index (χ1) is 12.4. The molecule has 0 aromatic heterocycles. The number of rotatable bonds is 5. The molecule has 2 fully saturated rings. The number of carbonyl (C=O) groups is 1. The summed E-state index contributed by atoms with van der Waals surface area (Å²) in [7, 11) is -3.65. The lowest BCUT2D eigenvalue weighted by atomic mass is 9.99. The van der Waals surface area contributed by atoms with Crippen molar-refractivity contribution in [3.05, 3.63) is 29.6 Å². The molecule has 0 bridgehead atoms. The van der Waals surface area contributed by atoms with Gasteiger partial charge in [0.15, 0.2) is 0 Å². The molecule has 9 heteroatoms. The summed E-state index contributed by atoms with van der Waals surface area (Å²) in [4.78, 5) is 12.3. The van der Waals surface area contributed by atoms with Gasteiger partial charge in [0, 0.05) is 19.6 Å². The van der Waals surface area contributed by atoms with Crippen molar-refractivity contribution in [2.24, 2.45) is 5.92 Å². The highest BCUT2D eigenvalue weighted by molar-refractivity contribution is 7.89. The predicted molar refractivity (Wildman–Crippen MR) is 104 cm³/mol. The van der Waals surface area contributed by atoms with Gasteiger partial charge in [-0.05, 0) is 68.8 Å². The third kappa shape index (κ3) is 5.19. The zero-order chi connectivity index (χ0) is 18.7. The van der Waals surface area contributed by atoms with Crippen LogP contribution in [0, 0.1) is 18.7 Å². The van der Waals surface area contributed by atoms with Gasteiger partial charge in [-0.15, -0.1) is 12.4 Å². The highest BCUT2D eigenvalue weighted by Crippen LogP contribution is 2.26. The van der Waals surface area contributed by atoms with Crippen LogP contribution >= 0.6 is 12.4 Å². The summed E-state index contributed by atoms with van der Waals surface area (Å²) in [6, 6.07) is 3.62. The van der Waals surface area contributed by atoms with Gasteiger partial charge < -0.3 is 10.6 Å². The Morgan fingerprint density at radius 2 is 2.11 bits per heavy atom. The number of sulfonamides is 1. The number of nitrogens with zero attached hydrogens (tertiary/aromatic N) is 1. The molecule has 2 N–H and O–H groups in total. The Balaban J connectivity index is 0.00000261. The van der Waals surface area contributed by atoms with Gasteiger partial charge in [-0.2, -0.15) is 4.31 Å². The van der Waals surface area contributed by atoms with Gasteiger partial charge in [0.25, 0.3) is 0 Å². The number of aryl methyl sites for hydroxylation is 1. The minimum absolute atomic E-state index is 0. The smallest absolute Gasteiger partial charge is 0.243 e. The van der Waals surface area contributed by atoms with Crippen LogP contribution in [0.3, 0.4) is 0 Å². The molecule has 0 radical (unpaired) electrons. The second-order valence-corrected chi connectivity index (χ2v) is 9.08. The second-order valence-electron chi connectivity index (χ2n) is 7.18. The van der Waals surface area contributed by atoms with Crippen LogP contribution in [0.4, 0.5) is 4.39 Å². The SMILES string of the molecule is Cc1cc(F)ccc1S(=O)(=O)N1CCCC(CNC(=O)C2CCCN2)C1.Cl. The maximum Gasteiger partial charge on any atom is 0.243 e. The molecule has 2 saturated heterocycles. The number of carbonyl (C=O) groups excluding carboxylic acids is 1. The van der Waals surface area contributed by atoms with Crippen molar-refractivity contribution in [2.45, 2.75) is 43.5 Å². The number of nitrogens with one attached hydrogen (secondary N) is 2. The maximum absolute atomic E-state index is 13.3. The van der Waals surface area contributed by atoms with Crippen molar-refractivity contribution >= 4 is 28.3 Å². The van der Waals surface area contributed by atoms with Gasteiger partial charge in [0.05, 0.1) is 10.9 Å². The molecule has 0 spiro atoms. The third-order valence-electron chi connectivity index (χ3n) is 5.18. The fraction of sp³-hybridized carbons (Fsp3) is 0.611. The quantitative estimate of drug-likeness (QED) is 0.763. The lowest BCUT2D eigenvalue weighted by Crippen LogP contribution is -2.46. The second kappa shape index (κ2) is 9.32. The zero-order valence-corrected chi connectivity index (χ0v) is 17.0. The minimum atomic E-state index is -3.65. The van der Waals surface area contributed by atoms with Crippen molar-refractivity contribution in [2.75, 3.05) is 26.2 Å². The van der Waals surface area contributed by atoms with Gasteiger partial charge in [-0.1, -0.05) is 0 Å². The zero-order valence-electron chi connectivity index (χ0n) is 15.4. The van der Waals surface area contributed by atoms with Crippen LogP contribution in [-0.2, 0) is 14.8 Å². The number of hydrogen-bond acceptors (Lipinski definition) is 4. The Kier molecular flexibility index (Phi) is 7.62. The highest BCUT2D eigenvalue weighted by Gasteiger charge is 2.32. The summed E-state index contributed by atoms with van der Waals surface area (Å²) in [5.74, 6) is -0.359. The molecule has 152 valence electrons. The largest absolute Gasteiger partial charge is 0.354 e. The van der Waals surface area contributed by atoms with Crippen LogP contribution in [0.2, 0.25) is 0 Å². The molecule has 2 atom stereocenters. The van der Waals surface area contributed by atoms with E-state index in [0.29, 0.717) is 25.2 Å². The standard InChI is InChI=1S/C18H26FN3O3S.ClH/c1-13-10-15(19)6-7-17(13)26(24,25)22-9-3-4-14(12-22)11-21-18(23)16-5-2-8-20-16;/h6-7,10,14,16,20H,2-5,8-9,11-12H2,1H3,(H,21,23);1H. The molecule has 2 heterocycles. The number of piperidine rings is 1. The first-order valence-corrected chi connectivity index (χ1v) is 10.6. The molecule has 1 aromatic carbocycles. The summed E-state index contributed by atoms with van der Waals surface area (Å²) in [5, 5.41) is 6.11. The van der Waals surface area contributed by atoms with Crippen LogP contribution in [0.25, 0.3) is 0 Å². The van der Waals surface area contributed by atoms with Crippen LogP contribution < -0.4 is 10.6 Å². The fourth-order valence-electron chi connectivity index (χ4n) is 3.73. The molecule has 27 heavy (non-hydrogen) atoms. The van der Waals surface area contributed by atoms with Gasteiger partial charge in [-0.25, -0.2) is 12.8 Å². The summed E-state index contributed by atoms with van der Waals surface area (Å²) < 4.78 is 40.6. The Hall–Kier alpha value is -1.22. The first-order valence-electron chi connectivity index (χ1n) is 9.15. The van der Waals surface area contributed by atoms with E-state index >= 15 is 0 Å². The summed E-state index contributed by atoms with van der Waals surface area (Å²) in [6.45, 7) is 3.77. The molecular weight excluding hydrogens is 393 g/mol. The van der Waals surface area contributed by atoms with Crippen LogP contribution in [0.15, 0.2) is 23.1 Å². The molecule has 0 aliphatic carbocycles. The summed E-state index contributed by atoms with van der Waals surface area (Å²) in [6.07, 6.45) is 3.49. The number of benzene rings is 1. The van der Waals surface area contributed by atoms with Crippen molar-refractivity contribution < 1.29 is 17.6 Å². The monoisotopic (exact) mass is 419 g/mol. The number of halogens is 2. The molecule has 0 saturated carbocycles. The molecule has 1 amide bonds. The molecule has 6 nitrogen and oxygen atoms in total. The van der Waals surface area contributed by atoms with E-state index in [2.05, 4.69) is 10.6 Å². The van der Waals surface area contributed by atoms with E-state index in [1.807, 2.05) is 0 Å². The van der Waals surface area contributed by atoms with Crippen LogP contribution in [0.5, 0.6) is 0 Å². The summed E-state index contributed by atoms with van der Waals surface area (Å²) >= 11 is 0. The molecule has 2 unspecified atom stereocenters. The fourth-order valence-corrected chi connectivity index (χ4v) is 5.49. The topological polar surface area (TPSA) is 78.5 Å². The maximum atomic E-state index is 13.3. The lowest BCUT2D eigenvalue weighted by molar-refractivity contribution is -0.123. The van der Waals surface area contributed by atoms with Crippen molar-refractivity contribution in [1.29, 1.82) is 0 Å².